The predicted octanol–water partition coefficient (Wildman–Crippen LogP) is 6.58. The lowest BCUT2D eigenvalue weighted by Gasteiger charge is -2.10. The minimum Gasteiger partial charge on any atom is -0.497 e. The number of benzene rings is 3. The molecule has 1 N–H and O–H groups in total. The summed E-state index contributed by atoms with van der Waals surface area (Å²) in [5.41, 5.74) is 2.98. The fourth-order valence-electron chi connectivity index (χ4n) is 3.48. The van der Waals surface area contributed by atoms with Crippen molar-refractivity contribution in [3.05, 3.63) is 101 Å². The quantitative estimate of drug-likeness (QED) is 0.239. The van der Waals surface area contributed by atoms with E-state index >= 15 is 0 Å². The van der Waals surface area contributed by atoms with E-state index in [1.165, 1.54) is 11.3 Å². The number of thiophene rings is 1. The van der Waals surface area contributed by atoms with E-state index in [4.69, 9.17) is 9.47 Å². The second kappa shape index (κ2) is 10.1. The summed E-state index contributed by atoms with van der Waals surface area (Å²) in [6.07, 6.45) is 0. The zero-order chi connectivity index (χ0) is 23.2. The van der Waals surface area contributed by atoms with E-state index in [0.717, 1.165) is 11.3 Å². The summed E-state index contributed by atoms with van der Waals surface area (Å²) in [5, 5.41) is 3.87. The van der Waals surface area contributed by atoms with Crippen LogP contribution in [0.4, 0.5) is 10.7 Å². The van der Waals surface area contributed by atoms with E-state index in [-0.39, 0.29) is 12.4 Å². The Labute approximate surface area is 196 Å². The van der Waals surface area contributed by atoms with E-state index in [0.29, 0.717) is 32.3 Å². The van der Waals surface area contributed by atoms with Gasteiger partial charge in [-0.25, -0.2) is 4.79 Å². The monoisotopic (exact) mass is 457 g/mol. The second-order valence-electron chi connectivity index (χ2n) is 7.15. The minimum absolute atomic E-state index is 0.155. The highest BCUT2D eigenvalue weighted by Gasteiger charge is 2.29. The molecule has 4 aromatic rings. The Hall–Kier alpha value is -3.90. The molecular formula is C27H23NO4S. The summed E-state index contributed by atoms with van der Waals surface area (Å²) in [6.45, 7) is 1.99. The molecule has 0 saturated heterocycles. The molecular weight excluding hydrogens is 434 g/mol. The van der Waals surface area contributed by atoms with Crippen LogP contribution in [0.15, 0.2) is 84.9 Å². The normalized spacial score (nSPS) is 10.5. The maximum Gasteiger partial charge on any atom is 0.341 e. The molecule has 6 heteroatoms. The molecule has 1 heterocycles. The van der Waals surface area contributed by atoms with Crippen LogP contribution in [-0.4, -0.2) is 25.5 Å². The number of para-hydroxylation sites is 1. The molecule has 4 rings (SSSR count). The molecule has 33 heavy (non-hydrogen) atoms. The van der Waals surface area contributed by atoms with Gasteiger partial charge in [-0.1, -0.05) is 60.7 Å². The first kappa shape index (κ1) is 22.3. The van der Waals surface area contributed by atoms with Crippen LogP contribution in [0.5, 0.6) is 5.75 Å². The number of esters is 1. The van der Waals surface area contributed by atoms with Crippen LogP contribution >= 0.6 is 11.3 Å². The number of carbonyl (C=O) groups excluding carboxylic acids is 2. The molecule has 0 aliphatic heterocycles. The van der Waals surface area contributed by atoms with Crippen molar-refractivity contribution in [2.75, 3.05) is 19.0 Å². The molecule has 166 valence electrons. The molecule has 0 radical (unpaired) electrons. The van der Waals surface area contributed by atoms with E-state index in [9.17, 15) is 9.59 Å². The van der Waals surface area contributed by atoms with Gasteiger partial charge in [0.2, 0.25) is 5.78 Å². The minimum atomic E-state index is -0.481. The molecule has 0 atom stereocenters. The van der Waals surface area contributed by atoms with Crippen LogP contribution in [0, 0.1) is 0 Å². The van der Waals surface area contributed by atoms with Crippen LogP contribution in [0.25, 0.3) is 11.1 Å². The molecule has 0 saturated carbocycles. The number of hydrogen-bond acceptors (Lipinski definition) is 6. The van der Waals surface area contributed by atoms with Crippen molar-refractivity contribution >= 4 is 33.8 Å². The van der Waals surface area contributed by atoms with Gasteiger partial charge >= 0.3 is 5.97 Å². The van der Waals surface area contributed by atoms with Gasteiger partial charge in [0.15, 0.2) is 0 Å². The van der Waals surface area contributed by atoms with E-state index in [1.807, 2.05) is 72.8 Å². The van der Waals surface area contributed by atoms with E-state index in [2.05, 4.69) is 5.32 Å². The first-order valence-corrected chi connectivity index (χ1v) is 11.3. The van der Waals surface area contributed by atoms with Crippen LogP contribution in [0.1, 0.15) is 32.5 Å². The third-order valence-corrected chi connectivity index (χ3v) is 6.14. The molecule has 0 aliphatic carbocycles. The van der Waals surface area contributed by atoms with E-state index < -0.39 is 5.97 Å². The summed E-state index contributed by atoms with van der Waals surface area (Å²) < 4.78 is 10.7. The van der Waals surface area contributed by atoms with Gasteiger partial charge in [0.05, 0.1) is 18.6 Å². The van der Waals surface area contributed by atoms with Gasteiger partial charge in [0.1, 0.15) is 16.3 Å². The van der Waals surface area contributed by atoms with Gasteiger partial charge in [-0.05, 0) is 36.8 Å². The molecule has 0 bridgehead atoms. The maximum absolute atomic E-state index is 13.6. The van der Waals surface area contributed by atoms with Crippen LogP contribution in [0.2, 0.25) is 0 Å². The predicted molar refractivity (Wildman–Crippen MR) is 132 cm³/mol. The number of carbonyl (C=O) groups is 2. The highest BCUT2D eigenvalue weighted by atomic mass is 32.1. The van der Waals surface area contributed by atoms with E-state index in [1.54, 1.807) is 26.2 Å². The molecule has 3 aromatic carbocycles. The van der Waals surface area contributed by atoms with Crippen molar-refractivity contribution in [1.29, 1.82) is 0 Å². The zero-order valence-electron chi connectivity index (χ0n) is 18.3. The second-order valence-corrected chi connectivity index (χ2v) is 8.17. The van der Waals surface area contributed by atoms with Crippen molar-refractivity contribution in [3.8, 4) is 16.9 Å². The standard InChI is InChI=1S/C27H23NO4S/c1-3-32-27(30)23-22(18-14-16-21(31-2)17-15-18)25(24(29)19-10-6-4-7-11-19)33-26(23)28-20-12-8-5-9-13-20/h4-17,28H,3H2,1-2H3. The van der Waals surface area contributed by atoms with Crippen molar-refractivity contribution in [1.82, 2.24) is 0 Å². The number of hydrogen-bond donors (Lipinski definition) is 1. The van der Waals surface area contributed by atoms with Gasteiger partial charge in [0.25, 0.3) is 0 Å². The molecule has 1 aromatic heterocycles. The fraction of sp³-hybridized carbons (Fsp3) is 0.111. The van der Waals surface area contributed by atoms with Crippen molar-refractivity contribution in [2.45, 2.75) is 6.92 Å². The van der Waals surface area contributed by atoms with Crippen LogP contribution < -0.4 is 10.1 Å². The van der Waals surface area contributed by atoms with Crippen molar-refractivity contribution in [2.24, 2.45) is 0 Å². The number of rotatable bonds is 8. The average molecular weight is 458 g/mol. The first-order valence-electron chi connectivity index (χ1n) is 10.5. The number of ketones is 1. The molecule has 0 unspecified atom stereocenters. The molecule has 5 nitrogen and oxygen atoms in total. The van der Waals surface area contributed by atoms with Crippen LogP contribution in [-0.2, 0) is 4.74 Å². The van der Waals surface area contributed by atoms with Crippen LogP contribution in [0.3, 0.4) is 0 Å². The van der Waals surface area contributed by atoms with Gasteiger partial charge in [-0.3, -0.25) is 4.79 Å². The lowest BCUT2D eigenvalue weighted by molar-refractivity contribution is 0.0529. The Balaban J connectivity index is 1.94. The fourth-order valence-corrected chi connectivity index (χ4v) is 4.68. The zero-order valence-corrected chi connectivity index (χ0v) is 19.1. The Morgan fingerprint density at radius 2 is 1.52 bits per heavy atom. The smallest absolute Gasteiger partial charge is 0.341 e. The Morgan fingerprint density at radius 3 is 2.12 bits per heavy atom. The Kier molecular flexibility index (Phi) is 6.86. The highest BCUT2D eigenvalue weighted by Crippen LogP contribution is 2.43. The molecule has 0 amide bonds. The number of nitrogens with one attached hydrogen (secondary N) is 1. The number of methoxy groups -OCH3 is 1. The SMILES string of the molecule is CCOC(=O)c1c(Nc2ccccc2)sc(C(=O)c2ccccc2)c1-c1ccc(OC)cc1. The highest BCUT2D eigenvalue weighted by molar-refractivity contribution is 7.19. The average Bonchev–Trinajstić information content (AvgIpc) is 3.24. The number of anilines is 2. The summed E-state index contributed by atoms with van der Waals surface area (Å²) in [5.74, 6) is 0.0495. The summed E-state index contributed by atoms with van der Waals surface area (Å²) in [7, 11) is 1.59. The van der Waals surface area contributed by atoms with Crippen molar-refractivity contribution in [3.63, 3.8) is 0 Å². The summed E-state index contributed by atoms with van der Waals surface area (Å²) in [4.78, 5) is 27.2. The molecule has 0 fully saturated rings. The van der Waals surface area contributed by atoms with Gasteiger partial charge in [-0.2, -0.15) is 0 Å². The van der Waals surface area contributed by atoms with Gasteiger partial charge in [-0.15, -0.1) is 11.3 Å². The van der Waals surface area contributed by atoms with Gasteiger partial charge in [0, 0.05) is 16.8 Å². The Bertz CT molecular complexity index is 1250. The van der Waals surface area contributed by atoms with Crippen molar-refractivity contribution < 1.29 is 19.1 Å². The maximum atomic E-state index is 13.6. The summed E-state index contributed by atoms with van der Waals surface area (Å²) >= 11 is 1.25. The largest absolute Gasteiger partial charge is 0.497 e. The molecule has 0 spiro atoms. The third-order valence-electron chi connectivity index (χ3n) is 5.04. The lowest BCUT2D eigenvalue weighted by Crippen LogP contribution is -2.08. The number of ether oxygens (including phenoxy) is 2. The summed E-state index contributed by atoms with van der Waals surface area (Å²) in [6, 6.07) is 25.9. The Morgan fingerprint density at radius 1 is 0.879 bits per heavy atom. The molecule has 0 aliphatic rings. The first-order chi connectivity index (χ1) is 16.1. The third kappa shape index (κ3) is 4.81. The topological polar surface area (TPSA) is 64.6 Å². The van der Waals surface area contributed by atoms with Gasteiger partial charge < -0.3 is 14.8 Å². The lowest BCUT2D eigenvalue weighted by atomic mass is 9.97.